The van der Waals surface area contributed by atoms with Crippen LogP contribution in [0, 0.1) is 0 Å². The van der Waals surface area contributed by atoms with Crippen molar-refractivity contribution in [2.45, 2.75) is 4.90 Å². The highest BCUT2D eigenvalue weighted by atomic mass is 79.9. The number of amides is 1. The summed E-state index contributed by atoms with van der Waals surface area (Å²) in [7, 11) is -2.31. The number of carbonyl (C=O) groups is 1. The van der Waals surface area contributed by atoms with Crippen LogP contribution in [-0.2, 0) is 14.8 Å². The number of hydrogen-bond donors (Lipinski definition) is 1. The predicted octanol–water partition coefficient (Wildman–Crippen LogP) is 2.71. The van der Waals surface area contributed by atoms with Gasteiger partial charge in [0.1, 0.15) is 0 Å². The van der Waals surface area contributed by atoms with Crippen LogP contribution < -0.4 is 5.32 Å². The van der Waals surface area contributed by atoms with Crippen LogP contribution in [0.2, 0.25) is 0 Å². The number of hydrogen-bond acceptors (Lipinski definition) is 3. The number of sulfonamides is 1. The highest BCUT2D eigenvalue weighted by Crippen LogP contribution is 2.17. The Labute approximate surface area is 138 Å². The maximum Gasteiger partial charge on any atom is 0.243 e. The van der Waals surface area contributed by atoms with E-state index in [1.54, 1.807) is 36.4 Å². The van der Waals surface area contributed by atoms with Crippen molar-refractivity contribution in [3.8, 4) is 0 Å². The first kappa shape index (κ1) is 16.7. The van der Waals surface area contributed by atoms with E-state index in [9.17, 15) is 13.2 Å². The number of nitrogens with one attached hydrogen (secondary N) is 1. The van der Waals surface area contributed by atoms with Gasteiger partial charge >= 0.3 is 0 Å². The van der Waals surface area contributed by atoms with E-state index in [1.165, 1.54) is 19.2 Å². The lowest BCUT2D eigenvalue weighted by Crippen LogP contribution is -2.34. The number of nitrogens with zero attached hydrogens (tertiary/aromatic N) is 1. The molecule has 0 spiro atoms. The molecule has 0 saturated carbocycles. The summed E-state index contributed by atoms with van der Waals surface area (Å²) in [5.74, 6) is -0.394. The van der Waals surface area contributed by atoms with Gasteiger partial charge in [0.25, 0.3) is 0 Å². The Balaban J connectivity index is 2.06. The summed E-state index contributed by atoms with van der Waals surface area (Å²) in [6.07, 6.45) is 0. The monoisotopic (exact) mass is 382 g/mol. The molecule has 0 aliphatic heterocycles. The van der Waals surface area contributed by atoms with Crippen LogP contribution in [0.1, 0.15) is 0 Å². The van der Waals surface area contributed by atoms with Gasteiger partial charge in [-0.2, -0.15) is 4.31 Å². The van der Waals surface area contributed by atoms with Gasteiger partial charge in [-0.05, 0) is 36.4 Å². The summed E-state index contributed by atoms with van der Waals surface area (Å²) in [4.78, 5) is 12.1. The van der Waals surface area contributed by atoms with Crippen molar-refractivity contribution in [2.24, 2.45) is 0 Å². The van der Waals surface area contributed by atoms with Gasteiger partial charge in [-0.25, -0.2) is 8.42 Å². The van der Waals surface area contributed by atoms with Crippen molar-refractivity contribution in [3.05, 3.63) is 59.1 Å². The minimum Gasteiger partial charge on any atom is -0.325 e. The Bertz CT molecular complexity index is 746. The smallest absolute Gasteiger partial charge is 0.243 e. The third kappa shape index (κ3) is 4.16. The molecule has 7 heteroatoms. The second-order valence-electron chi connectivity index (χ2n) is 4.63. The van der Waals surface area contributed by atoms with Crippen molar-refractivity contribution in [1.29, 1.82) is 0 Å². The SMILES string of the molecule is CN(CC(=O)Nc1ccccc1)S(=O)(=O)c1ccc(Br)cc1. The fourth-order valence-electron chi connectivity index (χ4n) is 1.80. The Morgan fingerprint density at radius 3 is 2.27 bits per heavy atom. The van der Waals surface area contributed by atoms with E-state index in [0.29, 0.717) is 5.69 Å². The third-order valence-corrected chi connectivity index (χ3v) is 5.29. The molecule has 116 valence electrons. The molecule has 1 amide bonds. The molecule has 22 heavy (non-hydrogen) atoms. The maximum atomic E-state index is 12.4. The molecule has 2 aromatic carbocycles. The number of para-hydroxylation sites is 1. The summed E-state index contributed by atoms with van der Waals surface area (Å²) in [5, 5.41) is 2.65. The van der Waals surface area contributed by atoms with Crippen LogP contribution in [0.3, 0.4) is 0 Å². The zero-order chi connectivity index (χ0) is 16.2. The van der Waals surface area contributed by atoms with Gasteiger partial charge in [0.15, 0.2) is 0 Å². The summed E-state index contributed by atoms with van der Waals surface area (Å²) >= 11 is 3.25. The van der Waals surface area contributed by atoms with E-state index in [0.717, 1.165) is 8.78 Å². The highest BCUT2D eigenvalue weighted by molar-refractivity contribution is 9.10. The van der Waals surface area contributed by atoms with Gasteiger partial charge < -0.3 is 5.32 Å². The molecule has 0 radical (unpaired) electrons. The molecule has 2 aromatic rings. The molecular weight excluding hydrogens is 368 g/mol. The average molecular weight is 383 g/mol. The summed E-state index contributed by atoms with van der Waals surface area (Å²) < 4.78 is 26.5. The van der Waals surface area contributed by atoms with Crippen LogP contribution in [0.25, 0.3) is 0 Å². The van der Waals surface area contributed by atoms with Crippen molar-refractivity contribution in [3.63, 3.8) is 0 Å². The second kappa shape index (κ2) is 7.04. The van der Waals surface area contributed by atoms with Crippen LogP contribution in [-0.4, -0.2) is 32.2 Å². The van der Waals surface area contributed by atoms with Crippen LogP contribution in [0.15, 0.2) is 64.0 Å². The van der Waals surface area contributed by atoms with Gasteiger partial charge in [0, 0.05) is 17.2 Å². The Morgan fingerprint density at radius 2 is 1.68 bits per heavy atom. The summed E-state index contributed by atoms with van der Waals surface area (Å²) in [5.41, 5.74) is 0.627. The molecule has 0 unspecified atom stereocenters. The van der Waals surface area contributed by atoms with Crippen molar-refractivity contribution >= 4 is 37.5 Å². The molecular formula is C15H15BrN2O3S. The molecule has 0 heterocycles. The number of likely N-dealkylation sites (N-methyl/N-ethyl adjacent to an activating group) is 1. The first-order valence-electron chi connectivity index (χ1n) is 6.46. The lowest BCUT2D eigenvalue weighted by Gasteiger charge is -2.17. The van der Waals surface area contributed by atoms with Gasteiger partial charge in [0.2, 0.25) is 15.9 Å². The van der Waals surface area contributed by atoms with E-state index in [2.05, 4.69) is 21.2 Å². The quantitative estimate of drug-likeness (QED) is 0.864. The standard InChI is InChI=1S/C15H15BrN2O3S/c1-18(11-15(19)17-13-5-3-2-4-6-13)22(20,21)14-9-7-12(16)8-10-14/h2-10H,11H2,1H3,(H,17,19). The Kier molecular flexibility index (Phi) is 5.33. The molecule has 0 aliphatic rings. The van der Waals surface area contributed by atoms with E-state index in [-0.39, 0.29) is 11.4 Å². The first-order chi connectivity index (χ1) is 10.4. The Morgan fingerprint density at radius 1 is 1.09 bits per heavy atom. The van der Waals surface area contributed by atoms with Crippen LogP contribution in [0.5, 0.6) is 0 Å². The average Bonchev–Trinajstić information content (AvgIpc) is 2.48. The number of anilines is 1. The normalized spacial score (nSPS) is 11.4. The first-order valence-corrected chi connectivity index (χ1v) is 8.70. The lowest BCUT2D eigenvalue weighted by molar-refractivity contribution is -0.116. The van der Waals surface area contributed by atoms with Crippen molar-refractivity contribution < 1.29 is 13.2 Å². The summed E-state index contributed by atoms with van der Waals surface area (Å²) in [6.45, 7) is -0.257. The van der Waals surface area contributed by atoms with E-state index in [4.69, 9.17) is 0 Å². The maximum absolute atomic E-state index is 12.4. The molecule has 0 bridgehead atoms. The molecule has 0 aromatic heterocycles. The minimum atomic E-state index is -3.69. The molecule has 0 saturated heterocycles. The summed E-state index contributed by atoms with van der Waals surface area (Å²) in [6, 6.07) is 15.2. The Hall–Kier alpha value is -1.70. The fraction of sp³-hybridized carbons (Fsp3) is 0.133. The molecule has 0 aliphatic carbocycles. The largest absolute Gasteiger partial charge is 0.325 e. The fourth-order valence-corrected chi connectivity index (χ4v) is 3.19. The molecule has 2 rings (SSSR count). The predicted molar refractivity (Wildman–Crippen MR) is 89.0 cm³/mol. The van der Waals surface area contributed by atoms with Crippen LogP contribution in [0.4, 0.5) is 5.69 Å². The van der Waals surface area contributed by atoms with Crippen molar-refractivity contribution in [2.75, 3.05) is 18.9 Å². The molecule has 0 fully saturated rings. The minimum absolute atomic E-state index is 0.144. The second-order valence-corrected chi connectivity index (χ2v) is 7.59. The topological polar surface area (TPSA) is 66.5 Å². The molecule has 1 N–H and O–H groups in total. The highest BCUT2D eigenvalue weighted by Gasteiger charge is 2.22. The van der Waals surface area contributed by atoms with Gasteiger partial charge in [-0.3, -0.25) is 4.79 Å². The van der Waals surface area contributed by atoms with E-state index >= 15 is 0 Å². The number of carbonyl (C=O) groups excluding carboxylic acids is 1. The van der Waals surface area contributed by atoms with Gasteiger partial charge in [0.05, 0.1) is 11.4 Å². The van der Waals surface area contributed by atoms with Gasteiger partial charge in [-0.1, -0.05) is 34.1 Å². The zero-order valence-corrected chi connectivity index (χ0v) is 14.3. The van der Waals surface area contributed by atoms with Crippen LogP contribution >= 0.6 is 15.9 Å². The number of benzene rings is 2. The number of rotatable bonds is 5. The third-order valence-electron chi connectivity index (χ3n) is 2.95. The van der Waals surface area contributed by atoms with E-state index in [1.807, 2.05) is 6.07 Å². The number of halogens is 1. The molecule has 5 nitrogen and oxygen atoms in total. The van der Waals surface area contributed by atoms with Gasteiger partial charge in [-0.15, -0.1) is 0 Å². The zero-order valence-electron chi connectivity index (χ0n) is 11.9. The van der Waals surface area contributed by atoms with E-state index < -0.39 is 15.9 Å². The van der Waals surface area contributed by atoms with Crippen molar-refractivity contribution in [1.82, 2.24) is 4.31 Å². The molecule has 0 atom stereocenters. The lowest BCUT2D eigenvalue weighted by atomic mass is 10.3.